The first-order chi connectivity index (χ1) is 6.87. The number of hydrogen-bond donors (Lipinski definition) is 3. The summed E-state index contributed by atoms with van der Waals surface area (Å²) in [4.78, 5) is 0. The predicted molar refractivity (Wildman–Crippen MR) is 59.4 cm³/mol. The highest BCUT2D eigenvalue weighted by Crippen LogP contribution is 1.96. The summed E-state index contributed by atoms with van der Waals surface area (Å²) in [6, 6.07) is -0.338. The largest absolute Gasteiger partial charge is 0.388 e. The third-order valence-electron chi connectivity index (χ3n) is 1.67. The van der Waals surface area contributed by atoms with Crippen LogP contribution in [0.1, 0.15) is 19.8 Å². The van der Waals surface area contributed by atoms with Gasteiger partial charge in [-0.2, -0.15) is 0 Å². The SMILES string of the molecule is COCCCS(=O)(=O)NC(C)CC(=N)N. The molecule has 0 fully saturated rings. The van der Waals surface area contributed by atoms with E-state index in [1.165, 1.54) is 7.11 Å². The zero-order chi connectivity index (χ0) is 11.9. The van der Waals surface area contributed by atoms with Gasteiger partial charge in [0.05, 0.1) is 11.6 Å². The van der Waals surface area contributed by atoms with E-state index < -0.39 is 10.0 Å². The molecule has 0 aliphatic heterocycles. The number of ether oxygens (including phenoxy) is 1. The summed E-state index contributed by atoms with van der Waals surface area (Å²) in [7, 11) is -1.75. The number of sulfonamides is 1. The molecule has 0 saturated heterocycles. The summed E-state index contributed by atoms with van der Waals surface area (Å²) in [5.41, 5.74) is 5.16. The molecular weight excluding hydrogens is 218 g/mol. The van der Waals surface area contributed by atoms with Crippen LogP contribution in [0.4, 0.5) is 0 Å². The molecule has 0 radical (unpaired) electrons. The minimum Gasteiger partial charge on any atom is -0.388 e. The smallest absolute Gasteiger partial charge is 0.211 e. The third kappa shape index (κ3) is 8.34. The molecule has 90 valence electrons. The fraction of sp³-hybridized carbons (Fsp3) is 0.875. The van der Waals surface area contributed by atoms with Crippen LogP contribution in [0.2, 0.25) is 0 Å². The van der Waals surface area contributed by atoms with Gasteiger partial charge in [-0.1, -0.05) is 0 Å². The van der Waals surface area contributed by atoms with Crippen molar-refractivity contribution < 1.29 is 13.2 Å². The van der Waals surface area contributed by atoms with E-state index in [1.807, 2.05) is 0 Å². The van der Waals surface area contributed by atoms with E-state index in [0.29, 0.717) is 13.0 Å². The standard InChI is InChI=1S/C8H19N3O3S/c1-7(6-8(9)10)11-15(12,13)5-3-4-14-2/h7,11H,3-6H2,1-2H3,(H3,9,10). The first-order valence-electron chi connectivity index (χ1n) is 4.69. The predicted octanol–water partition coefficient (Wildman–Crippen LogP) is -0.343. The van der Waals surface area contributed by atoms with E-state index in [0.717, 1.165) is 0 Å². The molecule has 1 atom stereocenters. The molecule has 0 spiro atoms. The zero-order valence-electron chi connectivity index (χ0n) is 9.12. The van der Waals surface area contributed by atoms with Crippen LogP contribution >= 0.6 is 0 Å². The summed E-state index contributed by atoms with van der Waals surface area (Å²) in [6.07, 6.45) is 0.683. The van der Waals surface area contributed by atoms with Crippen LogP contribution in [0.15, 0.2) is 0 Å². The summed E-state index contributed by atoms with van der Waals surface area (Å²) in [6.45, 7) is 2.09. The second kappa shape index (κ2) is 6.76. The third-order valence-corrected chi connectivity index (χ3v) is 3.26. The quantitative estimate of drug-likeness (QED) is 0.305. The van der Waals surface area contributed by atoms with Gasteiger partial charge in [0, 0.05) is 26.2 Å². The summed E-state index contributed by atoms with van der Waals surface area (Å²) in [5.74, 6) is 0.00500. The Kier molecular flexibility index (Phi) is 6.46. The van der Waals surface area contributed by atoms with Gasteiger partial charge >= 0.3 is 0 Å². The lowest BCUT2D eigenvalue weighted by molar-refractivity contribution is 0.199. The number of hydrogen-bond acceptors (Lipinski definition) is 4. The van der Waals surface area contributed by atoms with Gasteiger partial charge in [-0.25, -0.2) is 13.1 Å². The molecule has 1 unspecified atom stereocenters. The highest BCUT2D eigenvalue weighted by molar-refractivity contribution is 7.89. The number of methoxy groups -OCH3 is 1. The Bertz CT molecular complexity index is 290. The van der Waals surface area contributed by atoms with Crippen molar-refractivity contribution in [3.63, 3.8) is 0 Å². The van der Waals surface area contributed by atoms with E-state index in [1.54, 1.807) is 6.92 Å². The van der Waals surface area contributed by atoms with Crippen molar-refractivity contribution in [1.29, 1.82) is 5.41 Å². The maximum Gasteiger partial charge on any atom is 0.211 e. The lowest BCUT2D eigenvalue weighted by atomic mass is 10.2. The molecule has 0 aromatic rings. The van der Waals surface area contributed by atoms with Gasteiger partial charge in [0.15, 0.2) is 0 Å². The van der Waals surface area contributed by atoms with Gasteiger partial charge in [0.2, 0.25) is 10.0 Å². The number of rotatable bonds is 8. The van der Waals surface area contributed by atoms with E-state index in [-0.39, 0.29) is 24.1 Å². The number of nitrogens with one attached hydrogen (secondary N) is 2. The highest BCUT2D eigenvalue weighted by Gasteiger charge is 2.14. The van der Waals surface area contributed by atoms with Gasteiger partial charge in [0.25, 0.3) is 0 Å². The average Bonchev–Trinajstić information content (AvgIpc) is 2.00. The van der Waals surface area contributed by atoms with Crippen molar-refractivity contribution in [3.8, 4) is 0 Å². The Hall–Kier alpha value is -0.660. The van der Waals surface area contributed by atoms with Crippen molar-refractivity contribution in [2.24, 2.45) is 5.73 Å². The molecule has 4 N–H and O–H groups in total. The van der Waals surface area contributed by atoms with Gasteiger partial charge in [-0.3, -0.25) is 5.41 Å². The maximum absolute atomic E-state index is 11.4. The number of amidine groups is 1. The molecule has 0 bridgehead atoms. The van der Waals surface area contributed by atoms with Gasteiger partial charge in [-0.15, -0.1) is 0 Å². The van der Waals surface area contributed by atoms with Crippen LogP contribution in [-0.4, -0.2) is 39.8 Å². The Labute approximate surface area is 90.7 Å². The normalized spacial score (nSPS) is 13.7. The molecule has 0 aromatic heterocycles. The minimum atomic E-state index is -3.28. The van der Waals surface area contributed by atoms with E-state index in [9.17, 15) is 8.42 Å². The van der Waals surface area contributed by atoms with E-state index >= 15 is 0 Å². The van der Waals surface area contributed by atoms with Crippen LogP contribution in [0, 0.1) is 5.41 Å². The lowest BCUT2D eigenvalue weighted by Gasteiger charge is -2.12. The van der Waals surface area contributed by atoms with Crippen LogP contribution in [0.3, 0.4) is 0 Å². The highest BCUT2D eigenvalue weighted by atomic mass is 32.2. The Balaban J connectivity index is 3.97. The monoisotopic (exact) mass is 237 g/mol. The van der Waals surface area contributed by atoms with Crippen molar-refractivity contribution in [2.45, 2.75) is 25.8 Å². The van der Waals surface area contributed by atoms with Crippen molar-refractivity contribution in [3.05, 3.63) is 0 Å². The van der Waals surface area contributed by atoms with Gasteiger partial charge in [-0.05, 0) is 13.3 Å². The molecule has 0 amide bonds. The van der Waals surface area contributed by atoms with Crippen molar-refractivity contribution >= 4 is 15.9 Å². The summed E-state index contributed by atoms with van der Waals surface area (Å²) < 4.78 is 30.0. The van der Waals surface area contributed by atoms with Crippen LogP contribution in [0.5, 0.6) is 0 Å². The number of nitrogens with two attached hydrogens (primary N) is 1. The molecule has 0 aliphatic rings. The molecule has 15 heavy (non-hydrogen) atoms. The Morgan fingerprint density at radius 1 is 1.60 bits per heavy atom. The molecule has 0 saturated carbocycles. The first kappa shape index (κ1) is 14.3. The minimum absolute atomic E-state index is 0.0258. The first-order valence-corrected chi connectivity index (χ1v) is 6.34. The van der Waals surface area contributed by atoms with Crippen LogP contribution in [0.25, 0.3) is 0 Å². The Morgan fingerprint density at radius 3 is 2.67 bits per heavy atom. The lowest BCUT2D eigenvalue weighted by Crippen LogP contribution is -2.37. The maximum atomic E-state index is 11.4. The second-order valence-corrected chi connectivity index (χ2v) is 5.29. The van der Waals surface area contributed by atoms with Crippen LogP contribution < -0.4 is 10.5 Å². The Morgan fingerprint density at radius 2 is 2.20 bits per heavy atom. The summed E-state index contributed by atoms with van der Waals surface area (Å²) >= 11 is 0. The molecular formula is C8H19N3O3S. The topological polar surface area (TPSA) is 105 Å². The van der Waals surface area contributed by atoms with Gasteiger partial charge in [0.1, 0.15) is 0 Å². The van der Waals surface area contributed by atoms with Crippen molar-refractivity contribution in [2.75, 3.05) is 19.5 Å². The molecule has 0 aromatic carbocycles. The molecule has 0 heterocycles. The molecule has 0 rings (SSSR count). The van der Waals surface area contributed by atoms with Crippen molar-refractivity contribution in [1.82, 2.24) is 4.72 Å². The molecule has 0 aliphatic carbocycles. The fourth-order valence-corrected chi connectivity index (χ4v) is 2.44. The zero-order valence-corrected chi connectivity index (χ0v) is 9.93. The fourth-order valence-electron chi connectivity index (χ4n) is 1.13. The average molecular weight is 237 g/mol. The second-order valence-electron chi connectivity index (χ2n) is 3.41. The van der Waals surface area contributed by atoms with Crippen LogP contribution in [-0.2, 0) is 14.8 Å². The van der Waals surface area contributed by atoms with Gasteiger partial charge < -0.3 is 10.5 Å². The molecule has 7 heteroatoms. The van der Waals surface area contributed by atoms with E-state index in [2.05, 4.69) is 4.72 Å². The van der Waals surface area contributed by atoms with E-state index in [4.69, 9.17) is 15.9 Å². The molecule has 6 nitrogen and oxygen atoms in total. The summed E-state index contributed by atoms with van der Waals surface area (Å²) in [5, 5.41) is 7.02.